The smallest absolute Gasteiger partial charge is 0.264 e. The van der Waals surface area contributed by atoms with Gasteiger partial charge in [-0.25, -0.2) is 8.42 Å². The van der Waals surface area contributed by atoms with Gasteiger partial charge in [-0.1, -0.05) is 80.4 Å². The van der Waals surface area contributed by atoms with E-state index in [1.165, 1.54) is 17.0 Å². The molecule has 7 nitrogen and oxygen atoms in total. The van der Waals surface area contributed by atoms with Crippen LogP contribution in [-0.4, -0.2) is 44.3 Å². The molecule has 0 heterocycles. The Hall–Kier alpha value is -3.36. The van der Waals surface area contributed by atoms with Crippen LogP contribution < -0.4 is 9.62 Å². The minimum Gasteiger partial charge on any atom is -0.354 e. The second-order valence-corrected chi connectivity index (χ2v) is 12.0. The Balaban J connectivity index is 2.08. The second-order valence-electron chi connectivity index (χ2n) is 9.73. The van der Waals surface area contributed by atoms with Gasteiger partial charge in [0.2, 0.25) is 11.8 Å². The number of carbonyl (C=O) groups excluding carboxylic acids is 2. The number of anilines is 1. The number of rotatable bonds is 13. The fourth-order valence-corrected chi connectivity index (χ4v) is 6.16. The van der Waals surface area contributed by atoms with Crippen LogP contribution in [0, 0.1) is 13.8 Å². The summed E-state index contributed by atoms with van der Waals surface area (Å²) in [6.07, 6.45) is 2.08. The maximum absolute atomic E-state index is 14.1. The lowest BCUT2D eigenvalue weighted by molar-refractivity contribution is -0.140. The first-order valence-electron chi connectivity index (χ1n) is 13.6. The number of hydrogen-bond donors (Lipinski definition) is 1. The molecule has 2 amide bonds. The number of hydrogen-bond acceptors (Lipinski definition) is 4. The first kappa shape index (κ1) is 31.2. The average Bonchev–Trinajstić information content (AvgIpc) is 2.94. The van der Waals surface area contributed by atoms with Crippen molar-refractivity contribution >= 4 is 39.1 Å². The zero-order valence-electron chi connectivity index (χ0n) is 23.6. The quantitative estimate of drug-likeness (QED) is 0.255. The van der Waals surface area contributed by atoms with Crippen LogP contribution in [0.15, 0.2) is 77.7 Å². The Kier molecular flexibility index (Phi) is 11.2. The van der Waals surface area contributed by atoms with Crippen LogP contribution in [0.3, 0.4) is 0 Å². The number of sulfonamides is 1. The van der Waals surface area contributed by atoms with Crippen LogP contribution in [-0.2, 0) is 26.2 Å². The van der Waals surface area contributed by atoms with E-state index < -0.39 is 28.5 Å². The van der Waals surface area contributed by atoms with E-state index in [1.54, 1.807) is 48.5 Å². The van der Waals surface area contributed by atoms with E-state index in [1.807, 2.05) is 39.8 Å². The van der Waals surface area contributed by atoms with Crippen molar-refractivity contribution in [3.63, 3.8) is 0 Å². The van der Waals surface area contributed by atoms with Crippen molar-refractivity contribution in [2.24, 2.45) is 0 Å². The first-order valence-corrected chi connectivity index (χ1v) is 15.4. The van der Waals surface area contributed by atoms with E-state index in [9.17, 15) is 18.0 Å². The molecule has 3 rings (SSSR count). The standard InChI is InChI=1S/C31H38ClN3O4S/c1-5-7-20-33-31(37)28(6-2)34(21-25-15-11-12-18-27(25)32)30(36)22-35(29-19-13-14-23(3)24(29)4)40(38,39)26-16-9-8-10-17-26/h8-19,28H,5-7,20-22H2,1-4H3,(H,33,37)/t28-/m1/s1. The third kappa shape index (κ3) is 7.43. The highest BCUT2D eigenvalue weighted by Crippen LogP contribution is 2.29. The largest absolute Gasteiger partial charge is 0.354 e. The lowest BCUT2D eigenvalue weighted by Gasteiger charge is -2.34. The molecule has 214 valence electrons. The summed E-state index contributed by atoms with van der Waals surface area (Å²) in [5.74, 6) is -0.779. The molecular weight excluding hydrogens is 546 g/mol. The molecule has 0 fully saturated rings. The zero-order chi connectivity index (χ0) is 29.3. The number of amides is 2. The minimum atomic E-state index is -4.11. The van der Waals surface area contributed by atoms with Gasteiger partial charge in [0.05, 0.1) is 10.6 Å². The molecule has 40 heavy (non-hydrogen) atoms. The number of nitrogens with one attached hydrogen (secondary N) is 1. The van der Waals surface area contributed by atoms with Gasteiger partial charge in [0.15, 0.2) is 0 Å². The molecule has 0 saturated carbocycles. The molecule has 1 N–H and O–H groups in total. The molecule has 0 radical (unpaired) electrons. The van der Waals surface area contributed by atoms with Crippen molar-refractivity contribution in [2.45, 2.75) is 64.4 Å². The van der Waals surface area contributed by atoms with E-state index in [2.05, 4.69) is 5.32 Å². The SMILES string of the molecule is CCCCNC(=O)[C@@H](CC)N(Cc1ccccc1Cl)C(=O)CN(c1cccc(C)c1C)S(=O)(=O)c1ccccc1. The van der Waals surface area contributed by atoms with Crippen LogP contribution in [0.2, 0.25) is 5.02 Å². The van der Waals surface area contributed by atoms with Crippen LogP contribution in [0.4, 0.5) is 5.69 Å². The van der Waals surface area contributed by atoms with Crippen molar-refractivity contribution in [1.82, 2.24) is 10.2 Å². The molecule has 0 spiro atoms. The molecule has 3 aromatic rings. The van der Waals surface area contributed by atoms with Crippen LogP contribution in [0.25, 0.3) is 0 Å². The Morgan fingerprint density at radius 3 is 2.25 bits per heavy atom. The van der Waals surface area contributed by atoms with Gasteiger partial charge in [-0.15, -0.1) is 0 Å². The molecule has 0 aliphatic carbocycles. The number of halogens is 1. The highest BCUT2D eigenvalue weighted by Gasteiger charge is 2.34. The van der Waals surface area contributed by atoms with Gasteiger partial charge in [-0.3, -0.25) is 13.9 Å². The first-order chi connectivity index (χ1) is 19.1. The number of benzene rings is 3. The number of unbranched alkanes of at least 4 members (excludes halogenated alkanes) is 1. The highest BCUT2D eigenvalue weighted by atomic mass is 35.5. The maximum Gasteiger partial charge on any atom is 0.264 e. The summed E-state index contributed by atoms with van der Waals surface area (Å²) in [6, 6.07) is 19.7. The summed E-state index contributed by atoms with van der Waals surface area (Å²) < 4.78 is 29.1. The number of carbonyl (C=O) groups is 2. The van der Waals surface area contributed by atoms with Crippen molar-refractivity contribution in [3.05, 3.63) is 94.5 Å². The van der Waals surface area contributed by atoms with E-state index in [0.29, 0.717) is 29.2 Å². The van der Waals surface area contributed by atoms with E-state index in [-0.39, 0.29) is 17.3 Å². The van der Waals surface area contributed by atoms with Gasteiger partial charge in [0.1, 0.15) is 12.6 Å². The third-order valence-corrected chi connectivity index (χ3v) is 9.11. The normalized spacial score (nSPS) is 12.0. The molecule has 0 unspecified atom stereocenters. The van der Waals surface area contributed by atoms with Gasteiger partial charge in [-0.2, -0.15) is 0 Å². The highest BCUT2D eigenvalue weighted by molar-refractivity contribution is 7.92. The molecule has 9 heteroatoms. The minimum absolute atomic E-state index is 0.0598. The van der Waals surface area contributed by atoms with Gasteiger partial charge in [0, 0.05) is 18.1 Å². The molecular formula is C31H38ClN3O4S. The van der Waals surface area contributed by atoms with Crippen LogP contribution >= 0.6 is 11.6 Å². The number of aryl methyl sites for hydroxylation is 1. The predicted octanol–water partition coefficient (Wildman–Crippen LogP) is 5.88. The third-order valence-electron chi connectivity index (χ3n) is 6.97. The Morgan fingerprint density at radius 2 is 1.60 bits per heavy atom. The Morgan fingerprint density at radius 1 is 0.925 bits per heavy atom. The number of nitrogens with zero attached hydrogens (tertiary/aromatic N) is 2. The van der Waals surface area contributed by atoms with Crippen molar-refractivity contribution in [1.29, 1.82) is 0 Å². The molecule has 3 aromatic carbocycles. The van der Waals surface area contributed by atoms with Gasteiger partial charge < -0.3 is 10.2 Å². The van der Waals surface area contributed by atoms with Crippen molar-refractivity contribution in [3.8, 4) is 0 Å². The lowest BCUT2D eigenvalue weighted by Crippen LogP contribution is -2.52. The molecule has 0 aliphatic rings. The molecule has 0 bridgehead atoms. The topological polar surface area (TPSA) is 86.8 Å². The fourth-order valence-electron chi connectivity index (χ4n) is 4.47. The van der Waals surface area contributed by atoms with Gasteiger partial charge >= 0.3 is 0 Å². The van der Waals surface area contributed by atoms with Crippen LogP contribution in [0.5, 0.6) is 0 Å². The van der Waals surface area contributed by atoms with Gasteiger partial charge in [0.25, 0.3) is 10.0 Å². The average molecular weight is 584 g/mol. The van der Waals surface area contributed by atoms with Crippen LogP contribution in [0.1, 0.15) is 49.8 Å². The Labute approximate surface area is 243 Å². The van der Waals surface area contributed by atoms with Gasteiger partial charge in [-0.05, 0) is 67.6 Å². The predicted molar refractivity (Wildman–Crippen MR) is 161 cm³/mol. The van der Waals surface area contributed by atoms with E-state index in [4.69, 9.17) is 11.6 Å². The van der Waals surface area contributed by atoms with Crippen molar-refractivity contribution in [2.75, 3.05) is 17.4 Å². The zero-order valence-corrected chi connectivity index (χ0v) is 25.1. The molecule has 0 aromatic heterocycles. The fraction of sp³-hybridized carbons (Fsp3) is 0.355. The summed E-state index contributed by atoms with van der Waals surface area (Å²) in [5, 5.41) is 3.39. The molecule has 1 atom stereocenters. The molecule has 0 aliphatic heterocycles. The Bertz CT molecular complexity index is 1410. The summed E-state index contributed by atoms with van der Waals surface area (Å²) in [7, 11) is -4.11. The summed E-state index contributed by atoms with van der Waals surface area (Å²) in [5.41, 5.74) is 2.72. The molecule has 0 saturated heterocycles. The summed E-state index contributed by atoms with van der Waals surface area (Å²) in [6.45, 7) is 7.67. The lowest BCUT2D eigenvalue weighted by atomic mass is 10.1. The van der Waals surface area contributed by atoms with E-state index >= 15 is 0 Å². The van der Waals surface area contributed by atoms with E-state index in [0.717, 1.165) is 28.3 Å². The summed E-state index contributed by atoms with van der Waals surface area (Å²) in [4.78, 5) is 28.9. The van der Waals surface area contributed by atoms with Crippen molar-refractivity contribution < 1.29 is 18.0 Å². The maximum atomic E-state index is 14.1. The second kappa shape index (κ2) is 14.3. The summed E-state index contributed by atoms with van der Waals surface area (Å²) >= 11 is 6.45. The monoisotopic (exact) mass is 583 g/mol.